The van der Waals surface area contributed by atoms with E-state index in [-0.39, 0.29) is 0 Å². The van der Waals surface area contributed by atoms with Crippen LogP contribution in [0.15, 0.2) is 33.5 Å². The predicted octanol–water partition coefficient (Wildman–Crippen LogP) is 3.84. The molecule has 0 aliphatic carbocycles. The van der Waals surface area contributed by atoms with Gasteiger partial charge in [0.2, 0.25) is 0 Å². The molecule has 0 spiro atoms. The van der Waals surface area contributed by atoms with E-state index in [1.54, 1.807) is 18.2 Å². The van der Waals surface area contributed by atoms with Crippen LogP contribution < -0.4 is 0 Å². The molecule has 0 amide bonds. The van der Waals surface area contributed by atoms with Crippen molar-refractivity contribution in [3.63, 3.8) is 0 Å². The first kappa shape index (κ1) is 12.6. The number of halogens is 2. The summed E-state index contributed by atoms with van der Waals surface area (Å²) in [6, 6.07) is 4.96. The monoisotopic (exact) mass is 301 g/mol. The fourth-order valence-corrected chi connectivity index (χ4v) is 1.52. The highest BCUT2D eigenvalue weighted by Gasteiger charge is 2.07. The highest BCUT2D eigenvalue weighted by Crippen LogP contribution is 2.27. The Bertz CT molecular complexity index is 505. The average molecular weight is 303 g/mol. The fourth-order valence-electron chi connectivity index (χ4n) is 0.961. The molecule has 0 aliphatic rings. The molecule has 0 radical (unpaired) electrons. The maximum Gasteiger partial charge on any atom is 0.338 e. The maximum absolute atomic E-state index is 10.7. The molecule has 7 heteroatoms. The van der Waals surface area contributed by atoms with Crippen molar-refractivity contribution < 1.29 is 9.90 Å². The normalized spacial score (nSPS) is 10.8. The minimum Gasteiger partial charge on any atom is -0.478 e. The van der Waals surface area contributed by atoms with Gasteiger partial charge in [-0.2, -0.15) is 0 Å². The van der Waals surface area contributed by atoms with Gasteiger partial charge in [0, 0.05) is 9.38 Å². The van der Waals surface area contributed by atoms with Gasteiger partial charge in [0.25, 0.3) is 0 Å². The number of carboxylic acids is 1. The van der Waals surface area contributed by atoms with Gasteiger partial charge in [-0.1, -0.05) is 28.8 Å². The summed E-state index contributed by atoms with van der Waals surface area (Å²) in [6.45, 7) is 0. The van der Waals surface area contributed by atoms with E-state index in [2.05, 4.69) is 26.0 Å². The van der Waals surface area contributed by atoms with Crippen molar-refractivity contribution in [1.29, 1.82) is 0 Å². The maximum atomic E-state index is 10.7. The molecular weight excluding hydrogens is 297 g/mol. The van der Waals surface area contributed by atoms with Gasteiger partial charge in [0.05, 0.1) is 5.02 Å². The number of benzene rings is 1. The Balaban J connectivity index is 3.28. The molecular formula is C9H5BrClN3O2. The molecule has 0 heterocycles. The third-order valence-corrected chi connectivity index (χ3v) is 3.07. The summed E-state index contributed by atoms with van der Waals surface area (Å²) in [5, 5.41) is 12.3. The zero-order chi connectivity index (χ0) is 12.1. The van der Waals surface area contributed by atoms with Gasteiger partial charge in [-0.15, -0.1) is 0 Å². The third kappa shape index (κ3) is 3.00. The van der Waals surface area contributed by atoms with E-state index in [1.807, 2.05) is 0 Å². The van der Waals surface area contributed by atoms with Crippen LogP contribution in [0.2, 0.25) is 5.02 Å². The van der Waals surface area contributed by atoms with E-state index in [4.69, 9.17) is 22.2 Å². The Morgan fingerprint density at radius 3 is 2.88 bits per heavy atom. The van der Waals surface area contributed by atoms with E-state index < -0.39 is 11.7 Å². The molecule has 0 aliphatic heterocycles. The zero-order valence-electron chi connectivity index (χ0n) is 7.76. The summed E-state index contributed by atoms with van der Waals surface area (Å²) in [5.41, 5.74) is 8.33. The lowest BCUT2D eigenvalue weighted by molar-refractivity contribution is -0.132. The summed E-state index contributed by atoms with van der Waals surface area (Å²) < 4.78 is 0.545. The molecule has 0 saturated heterocycles. The van der Waals surface area contributed by atoms with Crippen molar-refractivity contribution in [2.45, 2.75) is 0 Å². The summed E-state index contributed by atoms with van der Waals surface area (Å²) in [6.07, 6.45) is 1.23. The molecule has 0 atom stereocenters. The van der Waals surface area contributed by atoms with Crippen LogP contribution in [0.5, 0.6) is 0 Å². The van der Waals surface area contributed by atoms with Crippen LogP contribution in [0.1, 0.15) is 5.56 Å². The summed E-state index contributed by atoms with van der Waals surface area (Å²) >= 11 is 9.03. The number of azide groups is 1. The van der Waals surface area contributed by atoms with Gasteiger partial charge in [0.15, 0.2) is 0 Å². The Kier molecular flexibility index (Phi) is 4.37. The molecule has 1 rings (SSSR count). The Labute approximate surface area is 104 Å². The summed E-state index contributed by atoms with van der Waals surface area (Å²) in [5.74, 6) is -1.30. The first-order valence-electron chi connectivity index (χ1n) is 4.00. The largest absolute Gasteiger partial charge is 0.478 e. The highest BCUT2D eigenvalue weighted by molar-refractivity contribution is 9.10. The number of hydrogen-bond acceptors (Lipinski definition) is 2. The van der Waals surface area contributed by atoms with Gasteiger partial charge in [-0.25, -0.2) is 4.79 Å². The van der Waals surface area contributed by atoms with E-state index in [1.165, 1.54) is 6.08 Å². The highest BCUT2D eigenvalue weighted by atomic mass is 79.9. The van der Waals surface area contributed by atoms with Gasteiger partial charge >= 0.3 is 5.97 Å². The van der Waals surface area contributed by atoms with E-state index in [0.29, 0.717) is 15.1 Å². The molecule has 0 aromatic heterocycles. The lowest BCUT2D eigenvalue weighted by Crippen LogP contribution is -1.96. The van der Waals surface area contributed by atoms with Crippen LogP contribution in [0.4, 0.5) is 0 Å². The minimum absolute atomic E-state index is 0.398. The number of hydrogen-bond donors (Lipinski definition) is 1. The first-order chi connectivity index (χ1) is 7.56. The predicted molar refractivity (Wildman–Crippen MR) is 63.9 cm³/mol. The lowest BCUT2D eigenvalue weighted by atomic mass is 10.2. The van der Waals surface area contributed by atoms with Crippen LogP contribution in [0.3, 0.4) is 0 Å². The number of carboxylic acid groups (broad SMARTS) is 1. The van der Waals surface area contributed by atoms with Crippen LogP contribution >= 0.6 is 27.5 Å². The Morgan fingerprint density at radius 2 is 2.31 bits per heavy atom. The first-order valence-corrected chi connectivity index (χ1v) is 5.17. The van der Waals surface area contributed by atoms with Crippen molar-refractivity contribution in [2.75, 3.05) is 0 Å². The molecule has 5 nitrogen and oxygen atoms in total. The molecule has 1 aromatic rings. The van der Waals surface area contributed by atoms with Gasteiger partial charge < -0.3 is 5.11 Å². The summed E-state index contributed by atoms with van der Waals surface area (Å²) in [7, 11) is 0. The van der Waals surface area contributed by atoms with Crippen molar-refractivity contribution >= 4 is 39.6 Å². The molecule has 0 unspecified atom stereocenters. The average Bonchev–Trinajstić information content (AvgIpc) is 2.23. The quantitative estimate of drug-likeness (QED) is 0.398. The zero-order valence-corrected chi connectivity index (χ0v) is 10.1. The number of rotatable bonds is 3. The van der Waals surface area contributed by atoms with Gasteiger partial charge in [-0.3, -0.25) is 0 Å². The van der Waals surface area contributed by atoms with Gasteiger partial charge in [0.1, 0.15) is 5.70 Å². The molecule has 82 valence electrons. The minimum atomic E-state index is -1.30. The van der Waals surface area contributed by atoms with E-state index in [0.717, 1.165) is 0 Å². The van der Waals surface area contributed by atoms with E-state index >= 15 is 0 Å². The smallest absolute Gasteiger partial charge is 0.338 e. The number of nitrogens with zero attached hydrogens (tertiary/aromatic N) is 3. The Hall–Kier alpha value is -1.49. The molecule has 0 saturated carbocycles. The second-order valence-corrected chi connectivity index (χ2v) is 3.87. The van der Waals surface area contributed by atoms with Crippen LogP contribution in [-0.4, -0.2) is 11.1 Å². The summed E-state index contributed by atoms with van der Waals surface area (Å²) in [4.78, 5) is 13.1. The standard InChI is InChI=1S/C9H5BrClN3O2/c10-8-5(2-1-3-6(8)11)4-7(9(15)16)13-14-12/h1-4H,(H,15,16)/b7-4-. The van der Waals surface area contributed by atoms with Gasteiger partial charge in [-0.05, 0) is 39.2 Å². The molecule has 0 fully saturated rings. The lowest BCUT2D eigenvalue weighted by Gasteiger charge is -2.01. The molecule has 1 aromatic carbocycles. The molecule has 0 bridgehead atoms. The second kappa shape index (κ2) is 5.55. The van der Waals surface area contributed by atoms with E-state index in [9.17, 15) is 4.79 Å². The third-order valence-electron chi connectivity index (χ3n) is 1.65. The van der Waals surface area contributed by atoms with Crippen molar-refractivity contribution in [1.82, 2.24) is 0 Å². The van der Waals surface area contributed by atoms with Crippen molar-refractivity contribution in [3.8, 4) is 0 Å². The topological polar surface area (TPSA) is 86.1 Å². The van der Waals surface area contributed by atoms with Crippen LogP contribution in [0.25, 0.3) is 16.5 Å². The van der Waals surface area contributed by atoms with Crippen molar-refractivity contribution in [2.24, 2.45) is 5.11 Å². The van der Waals surface area contributed by atoms with Crippen molar-refractivity contribution in [3.05, 3.63) is 49.4 Å². The fraction of sp³-hybridized carbons (Fsp3) is 0. The Morgan fingerprint density at radius 1 is 1.62 bits per heavy atom. The van der Waals surface area contributed by atoms with Crippen LogP contribution in [-0.2, 0) is 4.79 Å². The second-order valence-electron chi connectivity index (χ2n) is 2.67. The number of aliphatic carboxylic acids is 1. The van der Waals surface area contributed by atoms with Crippen LogP contribution in [0, 0.1) is 0 Å². The molecule has 16 heavy (non-hydrogen) atoms. The SMILES string of the molecule is [N-]=[N+]=N/C(=C\c1cccc(Cl)c1Br)C(=O)O. The molecule has 1 N–H and O–H groups in total. The number of carbonyl (C=O) groups is 1.